The molecule has 1 unspecified atom stereocenters. The third-order valence-electron chi connectivity index (χ3n) is 1.80. The van der Waals surface area contributed by atoms with E-state index < -0.39 is 6.23 Å². The summed E-state index contributed by atoms with van der Waals surface area (Å²) in [5.74, 6) is 0. The summed E-state index contributed by atoms with van der Waals surface area (Å²) in [7, 11) is 1.56. The van der Waals surface area contributed by atoms with E-state index in [2.05, 4.69) is 33.8 Å². The molecule has 0 aromatic rings. The van der Waals surface area contributed by atoms with Crippen molar-refractivity contribution in [2.75, 3.05) is 7.11 Å². The van der Waals surface area contributed by atoms with Crippen LogP contribution in [0, 0.1) is 11.3 Å². The molecule has 1 atom stereocenters. The van der Waals surface area contributed by atoms with Crippen LogP contribution in [-0.4, -0.2) is 30.3 Å². The lowest BCUT2D eigenvalue weighted by atomic mass is 10.2. The quantitative estimate of drug-likeness (QED) is 0.601. The Hall–Kier alpha value is -0.590. The summed E-state index contributed by atoms with van der Waals surface area (Å²) >= 11 is 0. The first-order chi connectivity index (χ1) is 5.54. The second kappa shape index (κ2) is 5.13. The van der Waals surface area contributed by atoms with E-state index in [9.17, 15) is 0 Å². The molecular weight excluding hydrogens is 152 g/mol. The van der Waals surface area contributed by atoms with Gasteiger partial charge in [0, 0.05) is 19.2 Å². The maximum Gasteiger partial charge on any atom is 0.199 e. The van der Waals surface area contributed by atoms with Crippen LogP contribution in [0.4, 0.5) is 0 Å². The molecule has 0 spiro atoms. The first-order valence-electron chi connectivity index (χ1n) is 4.24. The van der Waals surface area contributed by atoms with E-state index in [1.165, 1.54) is 0 Å². The fourth-order valence-electron chi connectivity index (χ4n) is 1.38. The van der Waals surface area contributed by atoms with Crippen LogP contribution in [-0.2, 0) is 4.74 Å². The zero-order valence-electron chi connectivity index (χ0n) is 8.53. The third-order valence-corrected chi connectivity index (χ3v) is 1.80. The minimum atomic E-state index is -0.426. The molecule has 3 heteroatoms. The summed E-state index contributed by atoms with van der Waals surface area (Å²) in [6.07, 6.45) is -0.426. The van der Waals surface area contributed by atoms with Crippen molar-refractivity contribution in [2.45, 2.75) is 46.0 Å². The van der Waals surface area contributed by atoms with Crippen LogP contribution >= 0.6 is 0 Å². The van der Waals surface area contributed by atoms with E-state index in [4.69, 9.17) is 10.00 Å². The Kier molecular flexibility index (Phi) is 4.87. The number of ether oxygens (including phenoxy) is 1. The highest BCUT2D eigenvalue weighted by Crippen LogP contribution is 2.10. The van der Waals surface area contributed by atoms with Crippen LogP contribution in [0.2, 0.25) is 0 Å². The van der Waals surface area contributed by atoms with Crippen molar-refractivity contribution in [3.05, 3.63) is 0 Å². The van der Waals surface area contributed by atoms with Crippen molar-refractivity contribution in [1.29, 1.82) is 5.26 Å². The summed E-state index contributed by atoms with van der Waals surface area (Å²) in [5, 5.41) is 8.78. The van der Waals surface area contributed by atoms with Gasteiger partial charge in [0.2, 0.25) is 0 Å². The lowest BCUT2D eigenvalue weighted by molar-refractivity contribution is -0.0290. The Morgan fingerprint density at radius 3 is 1.67 bits per heavy atom. The molecule has 0 aromatic heterocycles. The van der Waals surface area contributed by atoms with Crippen molar-refractivity contribution in [1.82, 2.24) is 4.90 Å². The molecule has 0 bridgehead atoms. The Balaban J connectivity index is 4.39. The fraction of sp³-hybridized carbons (Fsp3) is 0.889. The molecule has 0 aromatic carbocycles. The van der Waals surface area contributed by atoms with Crippen LogP contribution in [0.25, 0.3) is 0 Å². The molecule has 70 valence electrons. The van der Waals surface area contributed by atoms with Gasteiger partial charge in [-0.05, 0) is 27.7 Å². The summed E-state index contributed by atoms with van der Waals surface area (Å²) in [5.41, 5.74) is 0. The van der Waals surface area contributed by atoms with Gasteiger partial charge in [0.05, 0.1) is 0 Å². The van der Waals surface area contributed by atoms with Gasteiger partial charge in [-0.15, -0.1) is 0 Å². The standard InChI is InChI=1S/C9H18N2O/c1-7(2)11(8(3)4)9(6-10)12-5/h7-9H,1-5H3. The van der Waals surface area contributed by atoms with Crippen LogP contribution in [0.3, 0.4) is 0 Å². The van der Waals surface area contributed by atoms with E-state index in [0.29, 0.717) is 12.1 Å². The van der Waals surface area contributed by atoms with Crippen molar-refractivity contribution in [3.63, 3.8) is 0 Å². The van der Waals surface area contributed by atoms with Gasteiger partial charge in [-0.25, -0.2) is 0 Å². The maximum absolute atomic E-state index is 8.78. The van der Waals surface area contributed by atoms with Gasteiger partial charge in [-0.2, -0.15) is 5.26 Å². The Morgan fingerprint density at radius 1 is 1.17 bits per heavy atom. The van der Waals surface area contributed by atoms with Gasteiger partial charge in [0.25, 0.3) is 0 Å². The second-order valence-electron chi connectivity index (χ2n) is 3.35. The first-order valence-corrected chi connectivity index (χ1v) is 4.24. The zero-order valence-corrected chi connectivity index (χ0v) is 8.53. The van der Waals surface area contributed by atoms with Gasteiger partial charge < -0.3 is 4.74 Å². The summed E-state index contributed by atoms with van der Waals surface area (Å²) < 4.78 is 5.05. The lowest BCUT2D eigenvalue weighted by Crippen LogP contribution is -2.45. The minimum absolute atomic E-state index is 0.328. The Labute approximate surface area is 74.9 Å². The molecule has 3 nitrogen and oxygen atoms in total. The number of hydrogen-bond donors (Lipinski definition) is 0. The van der Waals surface area contributed by atoms with Crippen LogP contribution in [0.1, 0.15) is 27.7 Å². The van der Waals surface area contributed by atoms with Gasteiger partial charge in [0.15, 0.2) is 6.23 Å². The van der Waals surface area contributed by atoms with Crippen molar-refractivity contribution in [2.24, 2.45) is 0 Å². The van der Waals surface area contributed by atoms with Crippen molar-refractivity contribution < 1.29 is 4.74 Å². The van der Waals surface area contributed by atoms with E-state index in [1.807, 2.05) is 4.90 Å². The predicted octanol–water partition coefficient (Wildman–Crippen LogP) is 1.60. The highest BCUT2D eigenvalue weighted by molar-refractivity contribution is 4.87. The zero-order chi connectivity index (χ0) is 9.72. The summed E-state index contributed by atoms with van der Waals surface area (Å²) in [6.45, 7) is 8.24. The minimum Gasteiger partial charge on any atom is -0.353 e. The predicted molar refractivity (Wildman–Crippen MR) is 48.5 cm³/mol. The molecule has 0 radical (unpaired) electrons. The number of methoxy groups -OCH3 is 1. The molecule has 0 aliphatic heterocycles. The van der Waals surface area contributed by atoms with E-state index in [0.717, 1.165) is 0 Å². The molecular formula is C9H18N2O. The topological polar surface area (TPSA) is 36.3 Å². The normalized spacial score (nSPS) is 13.9. The fourth-order valence-corrected chi connectivity index (χ4v) is 1.38. The van der Waals surface area contributed by atoms with Gasteiger partial charge in [-0.3, -0.25) is 4.90 Å². The second-order valence-corrected chi connectivity index (χ2v) is 3.35. The first kappa shape index (κ1) is 11.4. The maximum atomic E-state index is 8.78. The van der Waals surface area contributed by atoms with Crippen LogP contribution in [0.5, 0.6) is 0 Å². The third kappa shape index (κ3) is 2.80. The summed E-state index contributed by atoms with van der Waals surface area (Å²) in [4.78, 5) is 2.03. The van der Waals surface area contributed by atoms with E-state index >= 15 is 0 Å². The highest BCUT2D eigenvalue weighted by atomic mass is 16.5. The van der Waals surface area contributed by atoms with Crippen LogP contribution in [0.15, 0.2) is 0 Å². The number of nitriles is 1. The molecule has 0 N–H and O–H groups in total. The molecule has 0 rings (SSSR count). The Morgan fingerprint density at radius 2 is 1.58 bits per heavy atom. The van der Waals surface area contributed by atoms with Gasteiger partial charge >= 0.3 is 0 Å². The number of hydrogen-bond acceptors (Lipinski definition) is 3. The Bertz CT molecular complexity index is 152. The highest BCUT2D eigenvalue weighted by Gasteiger charge is 2.22. The molecule has 0 amide bonds. The average molecular weight is 170 g/mol. The monoisotopic (exact) mass is 170 g/mol. The summed E-state index contributed by atoms with van der Waals surface area (Å²) in [6, 6.07) is 2.77. The van der Waals surface area contributed by atoms with Crippen molar-refractivity contribution in [3.8, 4) is 6.07 Å². The molecule has 0 aliphatic carbocycles. The van der Waals surface area contributed by atoms with E-state index in [1.54, 1.807) is 7.11 Å². The average Bonchev–Trinajstić information content (AvgIpc) is 1.98. The molecule has 0 saturated heterocycles. The number of nitrogens with zero attached hydrogens (tertiary/aromatic N) is 2. The SMILES string of the molecule is COC(C#N)N(C(C)C)C(C)C. The largest absolute Gasteiger partial charge is 0.353 e. The lowest BCUT2D eigenvalue weighted by Gasteiger charge is -2.33. The van der Waals surface area contributed by atoms with Gasteiger partial charge in [0.1, 0.15) is 6.07 Å². The molecule has 0 saturated carbocycles. The molecule has 0 heterocycles. The molecule has 0 aliphatic rings. The van der Waals surface area contributed by atoms with Crippen molar-refractivity contribution >= 4 is 0 Å². The molecule has 12 heavy (non-hydrogen) atoms. The van der Waals surface area contributed by atoms with E-state index in [-0.39, 0.29) is 0 Å². The molecule has 0 fully saturated rings. The number of rotatable bonds is 4. The smallest absolute Gasteiger partial charge is 0.199 e. The van der Waals surface area contributed by atoms with Gasteiger partial charge in [-0.1, -0.05) is 0 Å². The van der Waals surface area contributed by atoms with Crippen LogP contribution < -0.4 is 0 Å².